The van der Waals surface area contributed by atoms with Gasteiger partial charge in [-0.05, 0) is 18.6 Å². The molecule has 0 saturated carbocycles. The van der Waals surface area contributed by atoms with Crippen molar-refractivity contribution >= 4 is 11.7 Å². The van der Waals surface area contributed by atoms with Gasteiger partial charge in [-0.25, -0.2) is 9.98 Å². The van der Waals surface area contributed by atoms with Crippen LogP contribution in [0, 0.1) is 0 Å². The predicted molar refractivity (Wildman–Crippen MR) is 90.1 cm³/mol. The summed E-state index contributed by atoms with van der Waals surface area (Å²) in [5.41, 5.74) is -4.52. The molecular formula is C18H15F6N3O. The van der Waals surface area contributed by atoms with E-state index in [1.807, 2.05) is 0 Å². The van der Waals surface area contributed by atoms with Crippen LogP contribution < -0.4 is 0 Å². The van der Waals surface area contributed by atoms with Gasteiger partial charge in [0.05, 0.1) is 6.26 Å². The highest BCUT2D eigenvalue weighted by molar-refractivity contribution is 6.15. The molecule has 0 saturated heterocycles. The molecule has 150 valence electrons. The van der Waals surface area contributed by atoms with Crippen LogP contribution >= 0.6 is 0 Å². The van der Waals surface area contributed by atoms with Gasteiger partial charge in [0.1, 0.15) is 5.84 Å². The summed E-state index contributed by atoms with van der Waals surface area (Å²) in [5.74, 6) is -1.26. The molecule has 0 fully saturated rings. The van der Waals surface area contributed by atoms with Crippen LogP contribution in [0.3, 0.4) is 0 Å². The third-order valence-electron chi connectivity index (χ3n) is 4.06. The van der Waals surface area contributed by atoms with Crippen LogP contribution in [-0.2, 0) is 0 Å². The third kappa shape index (κ3) is 3.27. The van der Waals surface area contributed by atoms with E-state index < -0.39 is 29.7 Å². The van der Waals surface area contributed by atoms with E-state index in [9.17, 15) is 26.3 Å². The highest BCUT2D eigenvalue weighted by Gasteiger charge is 2.74. The summed E-state index contributed by atoms with van der Waals surface area (Å²) in [5, 5.41) is 0. The Bertz CT molecular complexity index is 855. The number of furan rings is 1. The van der Waals surface area contributed by atoms with Gasteiger partial charge in [-0.3, -0.25) is 0 Å². The van der Waals surface area contributed by atoms with Gasteiger partial charge in [-0.1, -0.05) is 37.3 Å². The SMILES string of the molecule is CCCN1C(c2ccccc2)=NC(C(F)(F)F)(C(F)(F)F)N=C1c1ccco1. The Kier molecular flexibility index (Phi) is 4.99. The van der Waals surface area contributed by atoms with Crippen molar-refractivity contribution in [1.29, 1.82) is 0 Å². The predicted octanol–water partition coefficient (Wildman–Crippen LogP) is 5.02. The molecule has 1 aromatic carbocycles. The molecule has 10 heteroatoms. The lowest BCUT2D eigenvalue weighted by atomic mass is 10.1. The fraction of sp³-hybridized carbons (Fsp3) is 0.333. The summed E-state index contributed by atoms with van der Waals surface area (Å²) in [6.07, 6.45) is -10.0. The number of hydrogen-bond acceptors (Lipinski definition) is 4. The Hall–Kier alpha value is -2.78. The maximum atomic E-state index is 13.7. The first-order chi connectivity index (χ1) is 13.1. The van der Waals surface area contributed by atoms with Crippen molar-refractivity contribution in [2.24, 2.45) is 9.98 Å². The van der Waals surface area contributed by atoms with Gasteiger partial charge in [-0.2, -0.15) is 26.3 Å². The number of aliphatic imine (C=N–C) groups is 2. The van der Waals surface area contributed by atoms with Crippen molar-refractivity contribution in [3.05, 3.63) is 60.1 Å². The van der Waals surface area contributed by atoms with E-state index in [4.69, 9.17) is 4.42 Å². The van der Waals surface area contributed by atoms with E-state index in [1.165, 1.54) is 41.3 Å². The van der Waals surface area contributed by atoms with Crippen molar-refractivity contribution in [1.82, 2.24) is 4.90 Å². The van der Waals surface area contributed by atoms with Gasteiger partial charge in [0.15, 0.2) is 11.6 Å². The maximum absolute atomic E-state index is 13.7. The van der Waals surface area contributed by atoms with E-state index in [-0.39, 0.29) is 17.9 Å². The summed E-state index contributed by atoms with van der Waals surface area (Å²) in [6.45, 7) is 1.83. The highest BCUT2D eigenvalue weighted by Crippen LogP contribution is 2.49. The van der Waals surface area contributed by atoms with Crippen LogP contribution in [0.15, 0.2) is 63.1 Å². The lowest BCUT2D eigenvalue weighted by Gasteiger charge is -2.39. The summed E-state index contributed by atoms with van der Waals surface area (Å²) in [7, 11) is 0. The summed E-state index contributed by atoms with van der Waals surface area (Å²) >= 11 is 0. The van der Waals surface area contributed by atoms with Crippen molar-refractivity contribution in [2.75, 3.05) is 6.54 Å². The summed E-state index contributed by atoms with van der Waals surface area (Å²) in [4.78, 5) is 7.45. The topological polar surface area (TPSA) is 41.1 Å². The normalized spacial score (nSPS) is 17.3. The molecule has 3 rings (SSSR count). The van der Waals surface area contributed by atoms with Crippen LogP contribution in [0.4, 0.5) is 26.3 Å². The zero-order valence-corrected chi connectivity index (χ0v) is 14.6. The summed E-state index contributed by atoms with van der Waals surface area (Å²) in [6, 6.07) is 10.0. The smallest absolute Gasteiger partial charge is 0.443 e. The van der Waals surface area contributed by atoms with Gasteiger partial charge < -0.3 is 9.32 Å². The number of alkyl halides is 6. The van der Waals surface area contributed by atoms with E-state index in [2.05, 4.69) is 9.98 Å². The second-order valence-electron chi connectivity index (χ2n) is 6.03. The number of hydrogen-bond donors (Lipinski definition) is 0. The Morgan fingerprint density at radius 2 is 1.50 bits per heavy atom. The first-order valence-corrected chi connectivity index (χ1v) is 8.30. The highest BCUT2D eigenvalue weighted by atomic mass is 19.4. The monoisotopic (exact) mass is 403 g/mol. The molecule has 2 heterocycles. The second-order valence-corrected chi connectivity index (χ2v) is 6.03. The number of rotatable bonds is 4. The van der Waals surface area contributed by atoms with Gasteiger partial charge in [-0.15, -0.1) is 0 Å². The minimum absolute atomic E-state index is 0.0963. The Labute approximate surface area is 156 Å². The van der Waals surface area contributed by atoms with Crippen molar-refractivity contribution in [3.63, 3.8) is 0 Å². The van der Waals surface area contributed by atoms with E-state index in [0.29, 0.717) is 6.42 Å². The second kappa shape index (κ2) is 6.99. The quantitative estimate of drug-likeness (QED) is 0.673. The molecular weight excluding hydrogens is 388 g/mol. The van der Waals surface area contributed by atoms with Gasteiger partial charge >= 0.3 is 18.0 Å². The molecule has 0 unspecified atom stereocenters. The van der Waals surface area contributed by atoms with Crippen molar-refractivity contribution in [3.8, 4) is 0 Å². The van der Waals surface area contributed by atoms with E-state index in [0.717, 1.165) is 6.26 Å². The third-order valence-corrected chi connectivity index (χ3v) is 4.06. The van der Waals surface area contributed by atoms with Gasteiger partial charge in [0.2, 0.25) is 0 Å². The molecule has 2 aromatic rings. The molecule has 0 aliphatic carbocycles. The molecule has 4 nitrogen and oxygen atoms in total. The molecule has 28 heavy (non-hydrogen) atoms. The molecule has 0 amide bonds. The average Bonchev–Trinajstić information content (AvgIpc) is 3.15. The first kappa shape index (κ1) is 20.0. The molecule has 1 aliphatic heterocycles. The molecule has 0 N–H and O–H groups in total. The molecule has 0 spiro atoms. The molecule has 0 atom stereocenters. The lowest BCUT2D eigenvalue weighted by Crippen LogP contribution is -2.59. The fourth-order valence-electron chi connectivity index (χ4n) is 2.80. The maximum Gasteiger partial charge on any atom is 0.443 e. The van der Waals surface area contributed by atoms with E-state index >= 15 is 0 Å². The first-order valence-electron chi connectivity index (χ1n) is 8.30. The molecule has 0 radical (unpaired) electrons. The van der Waals surface area contributed by atoms with Gasteiger partial charge in [0.25, 0.3) is 0 Å². The zero-order valence-electron chi connectivity index (χ0n) is 14.6. The van der Waals surface area contributed by atoms with E-state index in [1.54, 1.807) is 13.0 Å². The minimum Gasteiger partial charge on any atom is -0.461 e. The molecule has 1 aromatic heterocycles. The molecule has 0 bridgehead atoms. The number of halogens is 6. The minimum atomic E-state index is -5.80. The van der Waals surface area contributed by atoms with Crippen LogP contribution in [0.2, 0.25) is 0 Å². The van der Waals surface area contributed by atoms with Crippen LogP contribution in [0.5, 0.6) is 0 Å². The lowest BCUT2D eigenvalue weighted by molar-refractivity contribution is -0.293. The Balaban J connectivity index is 2.34. The Morgan fingerprint density at radius 3 is 2.00 bits per heavy atom. The largest absolute Gasteiger partial charge is 0.461 e. The standard InChI is InChI=1S/C18H15F6N3O/c1-2-10-27-14(12-7-4-3-5-8-12)25-16(17(19,20)21,18(22,23)24)26-15(27)13-9-6-11-28-13/h3-9,11H,2,10H2,1H3. The average molecular weight is 403 g/mol. The zero-order chi connectivity index (χ0) is 20.6. The van der Waals surface area contributed by atoms with Gasteiger partial charge in [0, 0.05) is 12.1 Å². The van der Waals surface area contributed by atoms with Crippen LogP contribution in [0.25, 0.3) is 0 Å². The molecule has 1 aliphatic rings. The Morgan fingerprint density at radius 1 is 0.893 bits per heavy atom. The number of amidine groups is 2. The van der Waals surface area contributed by atoms with Crippen molar-refractivity contribution < 1.29 is 30.8 Å². The fourth-order valence-corrected chi connectivity index (χ4v) is 2.80. The van der Waals surface area contributed by atoms with Crippen molar-refractivity contribution in [2.45, 2.75) is 31.4 Å². The number of benzene rings is 1. The van der Waals surface area contributed by atoms with Crippen LogP contribution in [-0.4, -0.2) is 41.1 Å². The van der Waals surface area contributed by atoms with Crippen LogP contribution in [0.1, 0.15) is 24.7 Å². The number of nitrogens with zero attached hydrogens (tertiary/aromatic N) is 3. The summed E-state index contributed by atoms with van der Waals surface area (Å²) < 4.78 is 87.4.